The molecule has 104 valence electrons. The molecule has 0 spiro atoms. The summed E-state index contributed by atoms with van der Waals surface area (Å²) in [6.45, 7) is 0.924. The summed E-state index contributed by atoms with van der Waals surface area (Å²) in [6, 6.07) is 5.08. The van der Waals surface area contributed by atoms with Crippen molar-refractivity contribution in [3.63, 3.8) is 0 Å². The van der Waals surface area contributed by atoms with Crippen LogP contribution in [0.25, 0.3) is 0 Å². The summed E-state index contributed by atoms with van der Waals surface area (Å²) in [5.41, 5.74) is 6.26. The average Bonchev–Trinajstić information content (AvgIpc) is 2.86. The number of ether oxygens (including phenoxy) is 2. The number of likely N-dealkylation sites (tertiary alicyclic amines) is 1. The van der Waals surface area contributed by atoms with Gasteiger partial charge in [0.25, 0.3) is 0 Å². The molecule has 1 saturated heterocycles. The lowest BCUT2D eigenvalue weighted by atomic mass is 10.2. The van der Waals surface area contributed by atoms with E-state index in [9.17, 15) is 4.79 Å². The molecule has 0 aliphatic carbocycles. The molecule has 1 fully saturated rings. The molecule has 1 atom stereocenters. The van der Waals surface area contributed by atoms with Crippen LogP contribution >= 0.6 is 0 Å². The van der Waals surface area contributed by atoms with Gasteiger partial charge in [-0.05, 0) is 25.0 Å². The zero-order chi connectivity index (χ0) is 13.8. The van der Waals surface area contributed by atoms with Crippen molar-refractivity contribution in [1.82, 2.24) is 4.90 Å². The number of methoxy groups -OCH3 is 1. The van der Waals surface area contributed by atoms with E-state index in [1.165, 1.54) is 4.90 Å². The van der Waals surface area contributed by atoms with Crippen LogP contribution in [0.3, 0.4) is 0 Å². The summed E-state index contributed by atoms with van der Waals surface area (Å²) in [5.74, 6) is 1.18. The van der Waals surface area contributed by atoms with Gasteiger partial charge in [0.05, 0.1) is 18.8 Å². The number of hydrogen-bond donors (Lipinski definition) is 2. The normalized spacial score (nSPS) is 18.4. The van der Waals surface area contributed by atoms with Gasteiger partial charge >= 0.3 is 6.09 Å². The van der Waals surface area contributed by atoms with Gasteiger partial charge in [-0.1, -0.05) is 0 Å². The molecule has 3 N–H and O–H groups in total. The number of nitrogens with two attached hydrogens (primary N) is 1. The SMILES string of the molecule is COc1cc(OC[C@H]2CCCN2C(=O)O)ccc1N. The van der Waals surface area contributed by atoms with Crippen LogP contribution in [-0.2, 0) is 0 Å². The summed E-state index contributed by atoms with van der Waals surface area (Å²) < 4.78 is 10.7. The van der Waals surface area contributed by atoms with Gasteiger partial charge in [-0.25, -0.2) is 4.79 Å². The molecule has 1 aromatic rings. The second-order valence-electron chi connectivity index (χ2n) is 4.49. The molecular weight excluding hydrogens is 248 g/mol. The lowest BCUT2D eigenvalue weighted by Crippen LogP contribution is -2.37. The van der Waals surface area contributed by atoms with Crippen molar-refractivity contribution < 1.29 is 19.4 Å². The van der Waals surface area contributed by atoms with E-state index in [-0.39, 0.29) is 6.04 Å². The second-order valence-corrected chi connectivity index (χ2v) is 4.49. The fourth-order valence-corrected chi connectivity index (χ4v) is 2.23. The zero-order valence-electron chi connectivity index (χ0n) is 10.8. The molecule has 1 aliphatic rings. The van der Waals surface area contributed by atoms with E-state index in [4.69, 9.17) is 20.3 Å². The minimum atomic E-state index is -0.888. The maximum absolute atomic E-state index is 11.0. The van der Waals surface area contributed by atoms with Gasteiger partial charge in [-0.15, -0.1) is 0 Å². The Morgan fingerprint density at radius 3 is 3.05 bits per heavy atom. The number of hydrogen-bond acceptors (Lipinski definition) is 4. The van der Waals surface area contributed by atoms with Crippen molar-refractivity contribution in [3.05, 3.63) is 18.2 Å². The van der Waals surface area contributed by atoms with Crippen molar-refractivity contribution in [2.45, 2.75) is 18.9 Å². The molecule has 2 rings (SSSR count). The Hall–Kier alpha value is -2.11. The van der Waals surface area contributed by atoms with E-state index in [0.717, 1.165) is 12.8 Å². The number of nitrogen functional groups attached to an aromatic ring is 1. The first kappa shape index (κ1) is 13.3. The molecule has 0 saturated carbocycles. The molecule has 0 radical (unpaired) electrons. The lowest BCUT2D eigenvalue weighted by Gasteiger charge is -2.21. The number of nitrogens with zero attached hydrogens (tertiary/aromatic N) is 1. The first-order valence-corrected chi connectivity index (χ1v) is 6.17. The highest BCUT2D eigenvalue weighted by atomic mass is 16.5. The first-order chi connectivity index (χ1) is 9.11. The molecule has 6 nitrogen and oxygen atoms in total. The van der Waals surface area contributed by atoms with E-state index < -0.39 is 6.09 Å². The summed E-state index contributed by atoms with van der Waals surface area (Å²) in [5, 5.41) is 9.03. The third-order valence-corrected chi connectivity index (χ3v) is 3.27. The minimum Gasteiger partial charge on any atom is -0.494 e. The predicted molar refractivity (Wildman–Crippen MR) is 70.7 cm³/mol. The van der Waals surface area contributed by atoms with Gasteiger partial charge in [-0.2, -0.15) is 0 Å². The third kappa shape index (κ3) is 3.01. The summed E-state index contributed by atoms with van der Waals surface area (Å²) >= 11 is 0. The number of anilines is 1. The van der Waals surface area contributed by atoms with Crippen LogP contribution in [0.1, 0.15) is 12.8 Å². The van der Waals surface area contributed by atoms with Gasteiger partial charge in [0, 0.05) is 12.6 Å². The quantitative estimate of drug-likeness (QED) is 0.812. The van der Waals surface area contributed by atoms with Crippen LogP contribution in [0.4, 0.5) is 10.5 Å². The Morgan fingerprint density at radius 1 is 1.58 bits per heavy atom. The van der Waals surface area contributed by atoms with Crippen LogP contribution < -0.4 is 15.2 Å². The van der Waals surface area contributed by atoms with E-state index in [1.54, 1.807) is 25.3 Å². The van der Waals surface area contributed by atoms with Crippen molar-refractivity contribution in [2.24, 2.45) is 0 Å². The Kier molecular flexibility index (Phi) is 3.99. The van der Waals surface area contributed by atoms with Gasteiger partial charge in [0.1, 0.15) is 18.1 Å². The lowest BCUT2D eigenvalue weighted by molar-refractivity contribution is 0.123. The van der Waals surface area contributed by atoms with Crippen molar-refractivity contribution in [1.29, 1.82) is 0 Å². The highest BCUT2D eigenvalue weighted by Crippen LogP contribution is 2.27. The zero-order valence-corrected chi connectivity index (χ0v) is 10.8. The van der Waals surface area contributed by atoms with Crippen LogP contribution in [0.15, 0.2) is 18.2 Å². The van der Waals surface area contributed by atoms with Gasteiger partial charge in [0.2, 0.25) is 0 Å². The smallest absolute Gasteiger partial charge is 0.407 e. The highest BCUT2D eigenvalue weighted by Gasteiger charge is 2.28. The molecule has 0 bridgehead atoms. The molecule has 6 heteroatoms. The number of carboxylic acid groups (broad SMARTS) is 1. The average molecular weight is 266 g/mol. The predicted octanol–water partition coefficient (Wildman–Crippen LogP) is 1.80. The van der Waals surface area contributed by atoms with Crippen molar-refractivity contribution in [3.8, 4) is 11.5 Å². The summed E-state index contributed by atoms with van der Waals surface area (Å²) in [7, 11) is 1.54. The monoisotopic (exact) mass is 266 g/mol. The third-order valence-electron chi connectivity index (χ3n) is 3.27. The molecule has 1 aliphatic heterocycles. The van der Waals surface area contributed by atoms with E-state index in [1.807, 2.05) is 0 Å². The fourth-order valence-electron chi connectivity index (χ4n) is 2.23. The van der Waals surface area contributed by atoms with Gasteiger partial charge in [-0.3, -0.25) is 0 Å². The topological polar surface area (TPSA) is 85.0 Å². The number of rotatable bonds is 4. The van der Waals surface area contributed by atoms with Crippen molar-refractivity contribution >= 4 is 11.8 Å². The van der Waals surface area contributed by atoms with Crippen LogP contribution in [0.5, 0.6) is 11.5 Å². The van der Waals surface area contributed by atoms with Crippen LogP contribution in [-0.4, -0.2) is 42.4 Å². The van der Waals surface area contributed by atoms with Crippen LogP contribution in [0.2, 0.25) is 0 Å². The second kappa shape index (κ2) is 5.69. The number of carbonyl (C=O) groups is 1. The number of amides is 1. The Morgan fingerprint density at radius 2 is 2.37 bits per heavy atom. The molecule has 1 amide bonds. The Bertz CT molecular complexity index is 464. The van der Waals surface area contributed by atoms with Gasteiger partial charge < -0.3 is 25.2 Å². The molecule has 1 heterocycles. The fraction of sp³-hybridized carbons (Fsp3) is 0.462. The Labute approximate surface area is 111 Å². The highest BCUT2D eigenvalue weighted by molar-refractivity contribution is 5.65. The minimum absolute atomic E-state index is 0.0824. The molecule has 1 aromatic carbocycles. The summed E-state index contributed by atoms with van der Waals surface area (Å²) in [4.78, 5) is 12.4. The maximum Gasteiger partial charge on any atom is 0.407 e. The van der Waals surface area contributed by atoms with Gasteiger partial charge in [0.15, 0.2) is 0 Å². The first-order valence-electron chi connectivity index (χ1n) is 6.17. The molecule has 0 aromatic heterocycles. The Balaban J connectivity index is 1.97. The largest absolute Gasteiger partial charge is 0.494 e. The van der Waals surface area contributed by atoms with E-state index in [0.29, 0.717) is 30.3 Å². The maximum atomic E-state index is 11.0. The van der Waals surface area contributed by atoms with E-state index >= 15 is 0 Å². The van der Waals surface area contributed by atoms with E-state index in [2.05, 4.69) is 0 Å². The number of benzene rings is 1. The molecule has 19 heavy (non-hydrogen) atoms. The molecule has 0 unspecified atom stereocenters. The van der Waals surface area contributed by atoms with Crippen LogP contribution in [0, 0.1) is 0 Å². The standard InChI is InChI=1S/C13H18N2O4/c1-18-12-7-10(4-5-11(12)14)19-8-9-3-2-6-15(9)13(16)17/h4-5,7,9H,2-3,6,8,14H2,1H3,(H,16,17)/t9-/m1/s1. The molecular formula is C13H18N2O4. The van der Waals surface area contributed by atoms with Crippen molar-refractivity contribution in [2.75, 3.05) is 26.0 Å². The summed E-state index contributed by atoms with van der Waals surface area (Å²) in [6.07, 6.45) is 0.824.